The summed E-state index contributed by atoms with van der Waals surface area (Å²) in [6.45, 7) is 1.69. The number of carbonyl (C=O) groups is 2. The Morgan fingerprint density at radius 2 is 2.09 bits per heavy atom. The number of hydrogen-bond acceptors (Lipinski definition) is 4. The van der Waals surface area contributed by atoms with Gasteiger partial charge in [0.1, 0.15) is 5.78 Å². The number of alkyl halides is 2. The first kappa shape index (κ1) is 16.3. The standard InChI is InChI=1S/C16H16Cl2N2O3/c1-16(11-8-5-9-12(11)21)20(15(22)13(17)18)19-14(23-16)10-6-3-2-4-7-10/h2-4,6-7,11,13H,5,8-9H2,1H3/t11-,16-/m1/s1. The highest BCUT2D eigenvalue weighted by Gasteiger charge is 2.54. The van der Waals surface area contributed by atoms with Gasteiger partial charge in [-0.3, -0.25) is 9.59 Å². The molecule has 1 aromatic rings. The lowest BCUT2D eigenvalue weighted by atomic mass is 9.93. The Kier molecular flexibility index (Phi) is 4.34. The van der Waals surface area contributed by atoms with E-state index in [-0.39, 0.29) is 11.7 Å². The van der Waals surface area contributed by atoms with E-state index in [2.05, 4.69) is 5.10 Å². The summed E-state index contributed by atoms with van der Waals surface area (Å²) >= 11 is 11.5. The lowest BCUT2D eigenvalue weighted by Crippen LogP contribution is -2.53. The number of nitrogens with zero attached hydrogens (tertiary/aromatic N) is 2. The Hall–Kier alpha value is -1.59. The molecular weight excluding hydrogens is 339 g/mol. The number of benzene rings is 1. The van der Waals surface area contributed by atoms with Crippen molar-refractivity contribution >= 4 is 40.8 Å². The number of hydrogen-bond donors (Lipinski definition) is 0. The van der Waals surface area contributed by atoms with Crippen LogP contribution in [0.5, 0.6) is 0 Å². The van der Waals surface area contributed by atoms with Crippen LogP contribution in [0.2, 0.25) is 0 Å². The Labute approximate surface area is 144 Å². The van der Waals surface area contributed by atoms with Crippen LogP contribution in [0.3, 0.4) is 0 Å². The van der Waals surface area contributed by atoms with Crippen LogP contribution in [-0.2, 0) is 14.3 Å². The van der Waals surface area contributed by atoms with E-state index in [1.807, 2.05) is 30.3 Å². The van der Waals surface area contributed by atoms with Crippen LogP contribution in [0, 0.1) is 5.92 Å². The first-order valence-electron chi connectivity index (χ1n) is 7.41. The zero-order valence-electron chi connectivity index (χ0n) is 12.5. The molecule has 1 amide bonds. The average molecular weight is 355 g/mol. The second-order valence-corrected chi connectivity index (χ2v) is 6.89. The molecule has 0 spiro atoms. The molecule has 1 aliphatic carbocycles. The highest BCUT2D eigenvalue weighted by atomic mass is 35.5. The fourth-order valence-electron chi connectivity index (χ4n) is 3.11. The van der Waals surface area contributed by atoms with Gasteiger partial charge in [0.25, 0.3) is 5.91 Å². The smallest absolute Gasteiger partial charge is 0.279 e. The second kappa shape index (κ2) is 6.13. The Balaban J connectivity index is 1.99. The third-order valence-electron chi connectivity index (χ3n) is 4.28. The fourth-order valence-corrected chi connectivity index (χ4v) is 3.29. The number of ether oxygens (including phenoxy) is 1. The molecule has 1 aromatic carbocycles. The summed E-state index contributed by atoms with van der Waals surface area (Å²) in [7, 11) is 0. The van der Waals surface area contributed by atoms with Gasteiger partial charge >= 0.3 is 0 Å². The van der Waals surface area contributed by atoms with Crippen molar-refractivity contribution in [3.05, 3.63) is 35.9 Å². The molecule has 3 rings (SSSR count). The average Bonchev–Trinajstić information content (AvgIpc) is 3.12. The summed E-state index contributed by atoms with van der Waals surface area (Å²) in [5, 5.41) is 5.40. The van der Waals surface area contributed by atoms with E-state index in [1.54, 1.807) is 6.92 Å². The molecule has 0 aromatic heterocycles. The van der Waals surface area contributed by atoms with Gasteiger partial charge in [-0.1, -0.05) is 41.4 Å². The van der Waals surface area contributed by atoms with E-state index in [0.717, 1.165) is 17.0 Å². The lowest BCUT2D eigenvalue weighted by molar-refractivity contribution is -0.157. The van der Waals surface area contributed by atoms with Gasteiger partial charge in [0.2, 0.25) is 11.6 Å². The molecular formula is C16H16Cl2N2O3. The summed E-state index contributed by atoms with van der Waals surface area (Å²) in [5.74, 6) is -0.685. The minimum atomic E-state index is -1.27. The van der Waals surface area contributed by atoms with Gasteiger partial charge in [0.05, 0.1) is 5.92 Å². The number of rotatable bonds is 3. The third-order valence-corrected chi connectivity index (χ3v) is 4.66. The van der Waals surface area contributed by atoms with Gasteiger partial charge in [0, 0.05) is 12.0 Å². The monoisotopic (exact) mass is 354 g/mol. The van der Waals surface area contributed by atoms with Crippen LogP contribution in [0.25, 0.3) is 0 Å². The molecule has 0 N–H and O–H groups in total. The number of halogens is 2. The van der Waals surface area contributed by atoms with E-state index < -0.39 is 22.4 Å². The molecule has 122 valence electrons. The van der Waals surface area contributed by atoms with Gasteiger partial charge in [0.15, 0.2) is 4.84 Å². The summed E-state index contributed by atoms with van der Waals surface area (Å²) in [5.41, 5.74) is -0.474. The zero-order valence-corrected chi connectivity index (χ0v) is 14.0. The lowest BCUT2D eigenvalue weighted by Gasteiger charge is -2.35. The maximum atomic E-state index is 12.4. The first-order valence-corrected chi connectivity index (χ1v) is 8.29. The van der Waals surface area contributed by atoms with E-state index in [1.165, 1.54) is 0 Å². The molecule has 23 heavy (non-hydrogen) atoms. The molecule has 1 heterocycles. The van der Waals surface area contributed by atoms with Crippen molar-refractivity contribution in [2.45, 2.75) is 36.7 Å². The SMILES string of the molecule is C[C@]1([C@@H]2CCCC2=O)OC(c2ccccc2)=NN1C(=O)C(Cl)Cl. The van der Waals surface area contributed by atoms with Crippen LogP contribution in [0.15, 0.2) is 35.4 Å². The fraction of sp³-hybridized carbons (Fsp3) is 0.438. The number of hydrazone groups is 1. The van der Waals surface area contributed by atoms with E-state index >= 15 is 0 Å². The molecule has 2 aliphatic rings. The molecule has 1 aliphatic heterocycles. The minimum Gasteiger partial charge on any atom is -0.447 e. The van der Waals surface area contributed by atoms with Crippen molar-refractivity contribution in [2.24, 2.45) is 11.0 Å². The molecule has 7 heteroatoms. The zero-order chi connectivity index (χ0) is 16.6. The number of carbonyl (C=O) groups excluding carboxylic acids is 2. The van der Waals surface area contributed by atoms with Gasteiger partial charge in [-0.15, -0.1) is 5.10 Å². The Morgan fingerprint density at radius 1 is 1.39 bits per heavy atom. The van der Waals surface area contributed by atoms with E-state index in [0.29, 0.717) is 12.8 Å². The maximum absolute atomic E-state index is 12.4. The molecule has 0 radical (unpaired) electrons. The van der Waals surface area contributed by atoms with Crippen LogP contribution in [0.4, 0.5) is 0 Å². The number of Topliss-reactive ketones (excluding diaryl/α,β-unsaturated/α-hetero) is 1. The Morgan fingerprint density at radius 3 is 2.65 bits per heavy atom. The van der Waals surface area contributed by atoms with Crippen LogP contribution >= 0.6 is 23.2 Å². The van der Waals surface area contributed by atoms with Crippen molar-refractivity contribution < 1.29 is 14.3 Å². The molecule has 0 unspecified atom stereocenters. The van der Waals surface area contributed by atoms with Crippen molar-refractivity contribution in [3.63, 3.8) is 0 Å². The van der Waals surface area contributed by atoms with Crippen LogP contribution < -0.4 is 0 Å². The quantitative estimate of drug-likeness (QED) is 0.783. The highest BCUT2D eigenvalue weighted by molar-refractivity contribution is 6.53. The summed E-state index contributed by atoms with van der Waals surface area (Å²) in [6, 6.07) is 9.20. The maximum Gasteiger partial charge on any atom is 0.279 e. The van der Waals surface area contributed by atoms with E-state index in [9.17, 15) is 9.59 Å². The summed E-state index contributed by atoms with van der Waals surface area (Å²) in [4.78, 5) is 23.3. The topological polar surface area (TPSA) is 59.0 Å². The highest BCUT2D eigenvalue weighted by Crippen LogP contribution is 2.41. The molecule has 1 saturated carbocycles. The van der Waals surface area contributed by atoms with Crippen molar-refractivity contribution in [1.82, 2.24) is 5.01 Å². The van der Waals surface area contributed by atoms with Crippen molar-refractivity contribution in [1.29, 1.82) is 0 Å². The first-order chi connectivity index (χ1) is 10.9. The molecule has 1 fully saturated rings. The minimum absolute atomic E-state index is 0.0653. The van der Waals surface area contributed by atoms with Gasteiger partial charge < -0.3 is 4.74 Å². The van der Waals surface area contributed by atoms with Gasteiger partial charge in [-0.05, 0) is 31.9 Å². The summed E-state index contributed by atoms with van der Waals surface area (Å²) in [6.07, 6.45) is 1.90. The predicted molar refractivity (Wildman–Crippen MR) is 87.2 cm³/mol. The van der Waals surface area contributed by atoms with E-state index in [4.69, 9.17) is 27.9 Å². The molecule has 5 nitrogen and oxygen atoms in total. The van der Waals surface area contributed by atoms with Crippen LogP contribution in [0.1, 0.15) is 31.7 Å². The molecule has 0 saturated heterocycles. The van der Waals surface area contributed by atoms with Gasteiger partial charge in [-0.25, -0.2) is 0 Å². The van der Waals surface area contributed by atoms with Crippen molar-refractivity contribution in [3.8, 4) is 0 Å². The summed E-state index contributed by atoms with van der Waals surface area (Å²) < 4.78 is 5.99. The normalized spacial score (nSPS) is 27.3. The Bertz CT molecular complexity index is 663. The van der Waals surface area contributed by atoms with Crippen molar-refractivity contribution in [2.75, 3.05) is 0 Å². The second-order valence-electron chi connectivity index (χ2n) is 5.79. The largest absolute Gasteiger partial charge is 0.447 e. The number of ketones is 1. The third kappa shape index (κ3) is 2.83. The van der Waals surface area contributed by atoms with Gasteiger partial charge in [-0.2, -0.15) is 5.01 Å². The molecule has 2 atom stereocenters. The number of amides is 1. The molecule has 0 bridgehead atoms. The predicted octanol–water partition coefficient (Wildman–Crippen LogP) is 3.10. The van der Waals surface area contributed by atoms with Crippen LogP contribution in [-0.4, -0.2) is 33.2 Å².